The zero-order chi connectivity index (χ0) is 31.9. The van der Waals surface area contributed by atoms with Gasteiger partial charge in [0.2, 0.25) is 0 Å². The molecule has 1 aliphatic rings. The minimum Gasteiger partial charge on any atom is -0.497 e. The monoisotopic (exact) mass is 644 g/mol. The van der Waals surface area contributed by atoms with E-state index in [1.165, 1.54) is 21.2 Å². The molecule has 0 aromatic heterocycles. The lowest BCUT2D eigenvalue weighted by molar-refractivity contribution is 0.206. The predicted octanol–water partition coefficient (Wildman–Crippen LogP) is 7.82. The van der Waals surface area contributed by atoms with Crippen molar-refractivity contribution in [2.24, 2.45) is 0 Å². The lowest BCUT2D eigenvalue weighted by atomic mass is 9.87. The molecular formula is C40H38O4P2. The number of allylic oxidation sites excluding steroid dienone is 3. The third-order valence-electron chi connectivity index (χ3n) is 8.37. The molecule has 1 aliphatic carbocycles. The second kappa shape index (κ2) is 14.4. The fourth-order valence-corrected chi connectivity index (χ4v) is 14.3. The molecule has 5 aromatic carbocycles. The van der Waals surface area contributed by atoms with Gasteiger partial charge in [0.25, 0.3) is 0 Å². The molecule has 0 spiro atoms. The summed E-state index contributed by atoms with van der Waals surface area (Å²) in [7, 11) is 4.62. The molecule has 46 heavy (non-hydrogen) atoms. The molecule has 0 saturated heterocycles. The smallest absolute Gasteiger partial charge is 0.164 e. The van der Waals surface area contributed by atoms with E-state index in [2.05, 4.69) is 140 Å². The van der Waals surface area contributed by atoms with Gasteiger partial charge in [-0.2, -0.15) is 0 Å². The second-order valence-corrected chi connectivity index (χ2v) is 16.0. The zero-order valence-corrected chi connectivity index (χ0v) is 28.3. The average Bonchev–Trinajstić information content (AvgIpc) is 3.13. The van der Waals surface area contributed by atoms with Crippen LogP contribution >= 0.6 is 15.8 Å². The molecule has 4 nitrogen and oxygen atoms in total. The third-order valence-corrected chi connectivity index (χ3v) is 15.1. The van der Waals surface area contributed by atoms with Crippen molar-refractivity contribution < 1.29 is 18.9 Å². The molecular weight excluding hydrogens is 606 g/mol. The van der Waals surface area contributed by atoms with Crippen LogP contribution in [0.2, 0.25) is 0 Å². The average molecular weight is 645 g/mol. The number of methoxy groups -OCH3 is 4. The maximum absolute atomic E-state index is 6.46. The SMILES string of the molecule is COC1=C(OC)C(c2cccc(OC)c2OC)C(P(c2ccccc2)c2ccccc2)(P(c2ccccc2)c2ccccc2)C=C1. The van der Waals surface area contributed by atoms with Crippen LogP contribution in [0.4, 0.5) is 0 Å². The number of ether oxygens (including phenoxy) is 4. The van der Waals surface area contributed by atoms with Crippen LogP contribution in [0.5, 0.6) is 11.5 Å². The molecule has 0 radical (unpaired) electrons. The number of hydrogen-bond acceptors (Lipinski definition) is 4. The van der Waals surface area contributed by atoms with Crippen molar-refractivity contribution in [3.8, 4) is 11.5 Å². The molecule has 0 saturated carbocycles. The number of para-hydroxylation sites is 1. The largest absolute Gasteiger partial charge is 0.497 e. The van der Waals surface area contributed by atoms with Gasteiger partial charge in [0, 0.05) is 5.56 Å². The van der Waals surface area contributed by atoms with Crippen molar-refractivity contribution in [2.45, 2.75) is 10.8 Å². The molecule has 0 fully saturated rings. The van der Waals surface area contributed by atoms with Crippen LogP contribution in [-0.4, -0.2) is 33.3 Å². The van der Waals surface area contributed by atoms with E-state index in [0.717, 1.165) is 11.3 Å². The molecule has 5 aromatic rings. The Balaban J connectivity index is 1.83. The first-order chi connectivity index (χ1) is 22.7. The van der Waals surface area contributed by atoms with Gasteiger partial charge in [0.15, 0.2) is 17.3 Å². The van der Waals surface area contributed by atoms with Gasteiger partial charge < -0.3 is 18.9 Å². The van der Waals surface area contributed by atoms with Crippen LogP contribution in [0.3, 0.4) is 0 Å². The lowest BCUT2D eigenvalue weighted by Crippen LogP contribution is -2.45. The van der Waals surface area contributed by atoms with Gasteiger partial charge in [-0.15, -0.1) is 0 Å². The quantitative estimate of drug-likeness (QED) is 0.138. The van der Waals surface area contributed by atoms with E-state index in [4.69, 9.17) is 18.9 Å². The minimum absolute atomic E-state index is 0.319. The van der Waals surface area contributed by atoms with E-state index in [9.17, 15) is 0 Å². The van der Waals surface area contributed by atoms with E-state index < -0.39 is 20.7 Å². The summed E-state index contributed by atoms with van der Waals surface area (Å²) >= 11 is 0. The Kier molecular flexibility index (Phi) is 9.88. The third kappa shape index (κ3) is 5.73. The van der Waals surface area contributed by atoms with Gasteiger partial charge in [0.05, 0.1) is 39.3 Å². The summed E-state index contributed by atoms with van der Waals surface area (Å²) in [5.74, 6) is 2.49. The van der Waals surface area contributed by atoms with E-state index >= 15 is 0 Å². The van der Waals surface area contributed by atoms with Crippen LogP contribution < -0.4 is 30.7 Å². The number of benzene rings is 5. The minimum atomic E-state index is -1.11. The van der Waals surface area contributed by atoms with Gasteiger partial charge >= 0.3 is 0 Å². The van der Waals surface area contributed by atoms with Gasteiger partial charge in [-0.05, 0) is 49.2 Å². The number of hydrogen-bond donors (Lipinski definition) is 0. The first kappa shape index (κ1) is 31.6. The first-order valence-electron chi connectivity index (χ1n) is 15.2. The molecule has 232 valence electrons. The highest BCUT2D eigenvalue weighted by molar-refractivity contribution is 7.91. The summed E-state index contributed by atoms with van der Waals surface area (Å²) in [6.07, 6.45) is 4.56. The summed E-state index contributed by atoms with van der Waals surface area (Å²) < 4.78 is 24.6. The fourth-order valence-electron chi connectivity index (χ4n) is 6.55. The van der Waals surface area contributed by atoms with Crippen molar-refractivity contribution in [3.05, 3.63) is 169 Å². The molecule has 0 N–H and O–H groups in total. The van der Waals surface area contributed by atoms with E-state index in [-0.39, 0.29) is 5.92 Å². The van der Waals surface area contributed by atoms with Crippen molar-refractivity contribution in [2.75, 3.05) is 28.4 Å². The standard InChI is InChI=1S/C40H38O4P2/c1-41-35-27-17-26-34(38(35)43-3)37-39(44-4)36(42-2)28-29-40(37,45(30-18-9-5-10-19-30)31-20-11-6-12-21-31)46(32-22-13-7-14-23-32)33-24-15-8-16-25-33/h5-29,37H,1-4H3. The zero-order valence-electron chi connectivity index (χ0n) is 26.5. The maximum atomic E-state index is 6.46. The van der Waals surface area contributed by atoms with Gasteiger partial charge in [-0.25, -0.2) is 0 Å². The van der Waals surface area contributed by atoms with Crippen molar-refractivity contribution in [1.29, 1.82) is 0 Å². The summed E-state index contributed by atoms with van der Waals surface area (Å²) in [6, 6.07) is 49.9. The highest BCUT2D eigenvalue weighted by atomic mass is 31.2. The molecule has 0 bridgehead atoms. The maximum Gasteiger partial charge on any atom is 0.164 e. The Hall–Kier alpha value is -4.36. The highest BCUT2D eigenvalue weighted by Gasteiger charge is 2.56. The fraction of sp³-hybridized carbons (Fsp3) is 0.150. The highest BCUT2D eigenvalue weighted by Crippen LogP contribution is 2.74. The van der Waals surface area contributed by atoms with Crippen LogP contribution in [0, 0.1) is 0 Å². The van der Waals surface area contributed by atoms with Crippen LogP contribution in [0.15, 0.2) is 163 Å². The normalized spacial score (nSPS) is 15.6. The first-order valence-corrected chi connectivity index (χ1v) is 17.9. The van der Waals surface area contributed by atoms with Crippen LogP contribution in [0.25, 0.3) is 0 Å². The van der Waals surface area contributed by atoms with Gasteiger partial charge in [-0.3, -0.25) is 0 Å². The summed E-state index contributed by atoms with van der Waals surface area (Å²) in [4.78, 5) is -0.566. The van der Waals surface area contributed by atoms with Gasteiger partial charge in [0.1, 0.15) is 5.76 Å². The molecule has 0 amide bonds. The molecule has 0 aliphatic heterocycles. The predicted molar refractivity (Wildman–Crippen MR) is 193 cm³/mol. The Morgan fingerprint density at radius 3 is 1.30 bits per heavy atom. The van der Waals surface area contributed by atoms with Crippen molar-refractivity contribution in [3.63, 3.8) is 0 Å². The summed E-state index contributed by atoms with van der Waals surface area (Å²) in [5.41, 5.74) is 0.983. The summed E-state index contributed by atoms with van der Waals surface area (Å²) in [5, 5.41) is 5.10. The van der Waals surface area contributed by atoms with Crippen molar-refractivity contribution >= 4 is 37.1 Å². The second-order valence-electron chi connectivity index (χ2n) is 10.8. The molecule has 6 rings (SSSR count). The van der Waals surface area contributed by atoms with Crippen LogP contribution in [-0.2, 0) is 9.47 Å². The Bertz CT molecular complexity index is 1630. The van der Waals surface area contributed by atoms with E-state index in [0.29, 0.717) is 17.3 Å². The van der Waals surface area contributed by atoms with Gasteiger partial charge in [-0.1, -0.05) is 140 Å². The Morgan fingerprint density at radius 1 is 0.478 bits per heavy atom. The van der Waals surface area contributed by atoms with Crippen LogP contribution in [0.1, 0.15) is 11.5 Å². The molecule has 6 heteroatoms. The van der Waals surface area contributed by atoms with E-state index in [1.807, 2.05) is 12.1 Å². The molecule has 1 unspecified atom stereocenters. The molecule has 1 atom stereocenters. The summed E-state index contributed by atoms with van der Waals surface area (Å²) in [6.45, 7) is 0. The topological polar surface area (TPSA) is 36.9 Å². The van der Waals surface area contributed by atoms with E-state index in [1.54, 1.807) is 28.4 Å². The Morgan fingerprint density at radius 2 is 0.935 bits per heavy atom. The van der Waals surface area contributed by atoms with Crippen molar-refractivity contribution in [1.82, 2.24) is 0 Å². The Labute approximate surface area is 274 Å². The number of rotatable bonds is 11. The molecule has 0 heterocycles. The lowest BCUT2D eigenvalue weighted by Gasteiger charge is -2.52.